The standard InChI is InChI=1S/C27H33F3N6O3S/c1-17(3-9-25(32-2)34-21-13-20(31)14-21)18-4-7-22(8-5-18)40(38,39)36-12-11-23(24(37)16-36)35-26-10-6-19(15-33-26)27(28,29)30/h3-10,15,20-21,23-24,34,37H,2,11-14,16,31H2,1H3,(H,33,35)/b17-3+,25-9+/t20?,21?,23-,24+/m1/s1. The molecule has 5 N–H and O–H groups in total. The fraction of sp³-hybridized carbons (Fsp3) is 0.407. The van der Waals surface area contributed by atoms with Crippen LogP contribution < -0.4 is 16.4 Å². The second-order valence-electron chi connectivity index (χ2n) is 10.1. The van der Waals surface area contributed by atoms with Gasteiger partial charge < -0.3 is 21.5 Å². The molecular formula is C27H33F3N6O3S. The molecule has 4 rings (SSSR count). The lowest BCUT2D eigenvalue weighted by molar-refractivity contribution is -0.137. The Bertz CT molecular complexity index is 1360. The predicted molar refractivity (Wildman–Crippen MR) is 148 cm³/mol. The Hall–Kier alpha value is -3.26. The highest BCUT2D eigenvalue weighted by Gasteiger charge is 2.35. The van der Waals surface area contributed by atoms with Crippen molar-refractivity contribution in [3.8, 4) is 0 Å². The van der Waals surface area contributed by atoms with E-state index in [0.29, 0.717) is 12.0 Å². The number of nitrogens with zero attached hydrogens (tertiary/aromatic N) is 3. The minimum atomic E-state index is -4.50. The van der Waals surface area contributed by atoms with E-state index >= 15 is 0 Å². The third-order valence-corrected chi connectivity index (χ3v) is 8.98. The van der Waals surface area contributed by atoms with Crippen LogP contribution in [0.3, 0.4) is 0 Å². The highest BCUT2D eigenvalue weighted by Crippen LogP contribution is 2.30. The molecule has 2 atom stereocenters. The molecule has 0 radical (unpaired) electrons. The minimum absolute atomic E-state index is 0.0963. The molecule has 0 amide bonds. The summed E-state index contributed by atoms with van der Waals surface area (Å²) >= 11 is 0. The molecule has 2 aromatic rings. The van der Waals surface area contributed by atoms with Gasteiger partial charge in [0.2, 0.25) is 10.0 Å². The van der Waals surface area contributed by atoms with E-state index in [1.807, 2.05) is 19.1 Å². The monoisotopic (exact) mass is 578 g/mol. The number of hydrogen-bond donors (Lipinski definition) is 4. The number of sulfonamides is 1. The number of allylic oxidation sites excluding steroid dienone is 3. The Morgan fingerprint density at radius 1 is 1.20 bits per heavy atom. The summed E-state index contributed by atoms with van der Waals surface area (Å²) in [6.07, 6.45) is 0.832. The zero-order chi connectivity index (χ0) is 29.1. The van der Waals surface area contributed by atoms with Crippen molar-refractivity contribution < 1.29 is 26.7 Å². The van der Waals surface area contributed by atoms with Crippen LogP contribution in [0.1, 0.15) is 37.3 Å². The molecule has 0 unspecified atom stereocenters. The Kier molecular flexibility index (Phi) is 8.98. The normalized spacial score (nSPS) is 24.8. The SMILES string of the molecule is C=N/C(=C\C=C(/C)c1ccc(S(=O)(=O)N2CC[C@@H](Nc3ccc(C(F)(F)F)cn3)[C@@H](O)C2)cc1)NC1CC(N)C1. The average Bonchev–Trinajstić information content (AvgIpc) is 2.90. The van der Waals surface area contributed by atoms with Crippen LogP contribution in [0, 0.1) is 0 Å². The fourth-order valence-corrected chi connectivity index (χ4v) is 6.07. The van der Waals surface area contributed by atoms with Crippen LogP contribution in [-0.4, -0.2) is 66.9 Å². The van der Waals surface area contributed by atoms with E-state index in [1.54, 1.807) is 12.1 Å². The number of pyridine rings is 1. The number of β-amino-alcohol motifs (C(OH)–C–C–N with tert-alkyl or cyclic N) is 1. The number of rotatable bonds is 9. The molecule has 13 heteroatoms. The van der Waals surface area contributed by atoms with Crippen molar-refractivity contribution in [3.05, 3.63) is 71.7 Å². The van der Waals surface area contributed by atoms with Crippen molar-refractivity contribution >= 4 is 28.1 Å². The van der Waals surface area contributed by atoms with Gasteiger partial charge in [-0.2, -0.15) is 17.5 Å². The lowest BCUT2D eigenvalue weighted by atomic mass is 9.88. The third kappa shape index (κ3) is 7.08. The number of nitrogens with one attached hydrogen (secondary N) is 2. The average molecular weight is 579 g/mol. The summed E-state index contributed by atoms with van der Waals surface area (Å²) < 4.78 is 65.9. The molecule has 9 nitrogen and oxygen atoms in total. The van der Waals surface area contributed by atoms with E-state index < -0.39 is 33.9 Å². The first kappa shape index (κ1) is 29.7. The molecule has 2 aliphatic rings. The Morgan fingerprint density at radius 3 is 2.45 bits per heavy atom. The number of aliphatic hydroxyl groups is 1. The van der Waals surface area contributed by atoms with Gasteiger partial charge in [0.15, 0.2) is 0 Å². The topological polar surface area (TPSA) is 133 Å². The molecular weight excluding hydrogens is 545 g/mol. The molecule has 1 saturated carbocycles. The van der Waals surface area contributed by atoms with Crippen molar-refractivity contribution in [1.82, 2.24) is 14.6 Å². The van der Waals surface area contributed by atoms with Gasteiger partial charge in [0.05, 0.1) is 22.6 Å². The van der Waals surface area contributed by atoms with Crippen molar-refractivity contribution in [2.24, 2.45) is 10.7 Å². The molecule has 1 aliphatic carbocycles. The zero-order valence-corrected chi connectivity index (χ0v) is 22.8. The highest BCUT2D eigenvalue weighted by atomic mass is 32.2. The van der Waals surface area contributed by atoms with Crippen LogP contribution in [-0.2, 0) is 16.2 Å². The summed E-state index contributed by atoms with van der Waals surface area (Å²) in [7, 11) is -3.87. The quantitative estimate of drug-likeness (QED) is 0.265. The Labute approximate surface area is 231 Å². The van der Waals surface area contributed by atoms with Gasteiger partial charge in [-0.25, -0.2) is 18.4 Å². The zero-order valence-electron chi connectivity index (χ0n) is 22.0. The highest BCUT2D eigenvalue weighted by molar-refractivity contribution is 7.89. The first-order chi connectivity index (χ1) is 18.9. The molecule has 2 heterocycles. The van der Waals surface area contributed by atoms with Gasteiger partial charge in [0.1, 0.15) is 11.6 Å². The second-order valence-corrected chi connectivity index (χ2v) is 12.0. The van der Waals surface area contributed by atoms with Crippen LogP contribution in [0.5, 0.6) is 0 Å². The summed E-state index contributed by atoms with van der Waals surface area (Å²) in [6.45, 7) is 5.45. The summed E-state index contributed by atoms with van der Waals surface area (Å²) in [6, 6.07) is 8.49. The van der Waals surface area contributed by atoms with E-state index in [2.05, 4.69) is 27.3 Å². The number of alkyl halides is 3. The minimum Gasteiger partial charge on any atom is -0.390 e. The Morgan fingerprint density at radius 2 is 1.90 bits per heavy atom. The van der Waals surface area contributed by atoms with Gasteiger partial charge in [-0.05, 0) is 74.4 Å². The Balaban J connectivity index is 1.36. The second kappa shape index (κ2) is 12.1. The van der Waals surface area contributed by atoms with Crippen molar-refractivity contribution in [2.45, 2.75) is 61.5 Å². The molecule has 1 aliphatic heterocycles. The molecule has 216 valence electrons. The van der Waals surface area contributed by atoms with Crippen molar-refractivity contribution in [1.29, 1.82) is 0 Å². The maximum absolute atomic E-state index is 13.2. The number of aromatic nitrogens is 1. The number of anilines is 1. The molecule has 1 saturated heterocycles. The van der Waals surface area contributed by atoms with E-state index in [9.17, 15) is 26.7 Å². The number of aliphatic hydroxyl groups excluding tert-OH is 1. The summed E-state index contributed by atoms with van der Waals surface area (Å²) in [5.41, 5.74) is 6.67. The number of piperidine rings is 1. The van der Waals surface area contributed by atoms with Crippen molar-refractivity contribution in [3.63, 3.8) is 0 Å². The van der Waals surface area contributed by atoms with Crippen LogP contribution in [0.2, 0.25) is 0 Å². The van der Waals surface area contributed by atoms with E-state index in [4.69, 9.17) is 5.73 Å². The maximum atomic E-state index is 13.2. The van der Waals surface area contributed by atoms with Gasteiger partial charge in [0, 0.05) is 31.4 Å². The van der Waals surface area contributed by atoms with Gasteiger partial charge in [-0.1, -0.05) is 18.2 Å². The van der Waals surface area contributed by atoms with Crippen molar-refractivity contribution in [2.75, 3.05) is 18.4 Å². The van der Waals surface area contributed by atoms with E-state index in [-0.39, 0.29) is 42.3 Å². The van der Waals surface area contributed by atoms with Crippen LogP contribution in [0.15, 0.2) is 70.5 Å². The van der Waals surface area contributed by atoms with Gasteiger partial charge in [-0.3, -0.25) is 0 Å². The van der Waals surface area contributed by atoms with Crippen LogP contribution in [0.4, 0.5) is 19.0 Å². The summed E-state index contributed by atoms with van der Waals surface area (Å²) in [4.78, 5) is 7.86. The molecule has 1 aromatic carbocycles. The molecule has 2 fully saturated rings. The lowest BCUT2D eigenvalue weighted by Gasteiger charge is -2.35. The number of hydrogen-bond acceptors (Lipinski definition) is 8. The molecule has 40 heavy (non-hydrogen) atoms. The summed E-state index contributed by atoms with van der Waals surface area (Å²) in [5.74, 6) is 0.808. The number of nitrogens with two attached hydrogens (primary N) is 1. The molecule has 1 aromatic heterocycles. The fourth-order valence-electron chi connectivity index (χ4n) is 4.60. The number of benzene rings is 1. The first-order valence-corrected chi connectivity index (χ1v) is 14.3. The van der Waals surface area contributed by atoms with Crippen LogP contribution >= 0.6 is 0 Å². The molecule has 0 bridgehead atoms. The maximum Gasteiger partial charge on any atom is 0.417 e. The van der Waals surface area contributed by atoms with E-state index in [0.717, 1.165) is 30.0 Å². The third-order valence-electron chi connectivity index (χ3n) is 7.10. The van der Waals surface area contributed by atoms with Crippen LogP contribution in [0.25, 0.3) is 5.57 Å². The van der Waals surface area contributed by atoms with Gasteiger partial charge in [0.25, 0.3) is 0 Å². The number of halogens is 3. The predicted octanol–water partition coefficient (Wildman–Crippen LogP) is 3.36. The van der Waals surface area contributed by atoms with Gasteiger partial charge >= 0.3 is 6.18 Å². The first-order valence-electron chi connectivity index (χ1n) is 12.8. The van der Waals surface area contributed by atoms with E-state index in [1.165, 1.54) is 22.5 Å². The summed E-state index contributed by atoms with van der Waals surface area (Å²) in [5, 5.41) is 16.8. The largest absolute Gasteiger partial charge is 0.417 e. The van der Waals surface area contributed by atoms with Gasteiger partial charge in [-0.15, -0.1) is 0 Å². The lowest BCUT2D eigenvalue weighted by Crippen LogP contribution is -2.51. The number of aliphatic imine (C=N–C) groups is 1. The molecule has 0 spiro atoms. The smallest absolute Gasteiger partial charge is 0.390 e.